The van der Waals surface area contributed by atoms with Crippen molar-refractivity contribution in [1.29, 1.82) is 0 Å². The third-order valence-electron chi connectivity index (χ3n) is 5.52. The van der Waals surface area contributed by atoms with Gasteiger partial charge in [0, 0.05) is 6.42 Å². The summed E-state index contributed by atoms with van der Waals surface area (Å²) in [5.74, 6) is 0.562. The highest BCUT2D eigenvalue weighted by atomic mass is 16.6. The molecule has 0 aliphatic heterocycles. The van der Waals surface area contributed by atoms with E-state index in [2.05, 4.69) is 10.9 Å². The third kappa shape index (κ3) is 8.81. The zero-order valence-corrected chi connectivity index (χ0v) is 22.6. The molecule has 0 aromatic heterocycles. The van der Waals surface area contributed by atoms with Crippen LogP contribution < -0.4 is 20.3 Å². The average molecular weight is 521 g/mol. The fraction of sp³-hybridized carbons (Fsp3) is 0.333. The van der Waals surface area contributed by atoms with Gasteiger partial charge >= 0.3 is 12.1 Å². The molecule has 3 aromatic rings. The van der Waals surface area contributed by atoms with Crippen LogP contribution in [0.2, 0.25) is 0 Å². The van der Waals surface area contributed by atoms with Gasteiger partial charge in [0.1, 0.15) is 24.4 Å². The van der Waals surface area contributed by atoms with Crippen molar-refractivity contribution in [2.75, 3.05) is 7.11 Å². The van der Waals surface area contributed by atoms with Gasteiger partial charge in [-0.2, -0.15) is 0 Å². The highest BCUT2D eigenvalue weighted by molar-refractivity contribution is 5.81. The molecule has 202 valence electrons. The molecule has 0 spiro atoms. The molecule has 3 aromatic carbocycles. The predicted molar refractivity (Wildman–Crippen MR) is 145 cm³/mol. The van der Waals surface area contributed by atoms with Gasteiger partial charge in [-0.05, 0) is 56.5 Å². The SMILES string of the molecule is COC(=O)C(C)(Cc1ccc(OCc2ccccc2)c(OCc2ccccc2)c1)NNC(=O)OC(C)(C)C. The minimum absolute atomic E-state index is 0.191. The molecule has 38 heavy (non-hydrogen) atoms. The molecule has 0 bridgehead atoms. The summed E-state index contributed by atoms with van der Waals surface area (Å²) in [6.45, 7) is 7.63. The Morgan fingerprint density at radius 2 is 1.29 bits per heavy atom. The Morgan fingerprint density at radius 1 is 0.737 bits per heavy atom. The van der Waals surface area contributed by atoms with Gasteiger partial charge in [0.2, 0.25) is 0 Å². The molecule has 2 N–H and O–H groups in total. The topological polar surface area (TPSA) is 95.1 Å². The van der Waals surface area contributed by atoms with Gasteiger partial charge in [0.25, 0.3) is 0 Å². The third-order valence-corrected chi connectivity index (χ3v) is 5.52. The van der Waals surface area contributed by atoms with Crippen LogP contribution in [0.25, 0.3) is 0 Å². The van der Waals surface area contributed by atoms with Gasteiger partial charge < -0.3 is 18.9 Å². The van der Waals surface area contributed by atoms with Gasteiger partial charge in [0.15, 0.2) is 11.5 Å². The average Bonchev–Trinajstić information content (AvgIpc) is 2.90. The smallest absolute Gasteiger partial charge is 0.422 e. The first-order chi connectivity index (χ1) is 18.1. The molecule has 1 amide bonds. The van der Waals surface area contributed by atoms with Crippen molar-refractivity contribution in [2.24, 2.45) is 0 Å². The van der Waals surface area contributed by atoms with Crippen LogP contribution >= 0.6 is 0 Å². The normalized spacial score (nSPS) is 12.7. The molecule has 1 unspecified atom stereocenters. The van der Waals surface area contributed by atoms with E-state index in [1.165, 1.54) is 7.11 Å². The minimum Gasteiger partial charge on any atom is -0.485 e. The second-order valence-corrected chi connectivity index (χ2v) is 10.1. The summed E-state index contributed by atoms with van der Waals surface area (Å²) in [5.41, 5.74) is 6.08. The number of rotatable bonds is 11. The van der Waals surface area contributed by atoms with E-state index in [1.54, 1.807) is 27.7 Å². The zero-order valence-electron chi connectivity index (χ0n) is 22.6. The number of esters is 1. The Morgan fingerprint density at radius 3 is 1.82 bits per heavy atom. The first kappa shape index (κ1) is 28.5. The first-order valence-corrected chi connectivity index (χ1v) is 12.4. The van der Waals surface area contributed by atoms with E-state index in [1.807, 2.05) is 78.9 Å². The Kier molecular flexibility index (Phi) is 9.73. The standard InChI is InChI=1S/C30H36N2O6/c1-29(2,3)38-28(34)31-32-30(4,27(33)35-5)19-24-16-17-25(36-20-22-12-8-6-9-13-22)26(18-24)37-21-23-14-10-7-11-15-23/h6-18,32H,19-21H2,1-5H3,(H,31,34). The predicted octanol–water partition coefficient (Wildman–Crippen LogP) is 5.35. The van der Waals surface area contributed by atoms with Crippen LogP contribution in [0.4, 0.5) is 4.79 Å². The Bertz CT molecular complexity index is 1190. The lowest BCUT2D eigenvalue weighted by molar-refractivity contribution is -0.148. The molecule has 8 nitrogen and oxygen atoms in total. The number of amides is 1. The lowest BCUT2D eigenvalue weighted by Crippen LogP contribution is -2.59. The molecule has 0 heterocycles. The number of methoxy groups -OCH3 is 1. The lowest BCUT2D eigenvalue weighted by Gasteiger charge is -2.29. The summed E-state index contributed by atoms with van der Waals surface area (Å²) in [6, 6.07) is 25.2. The second-order valence-electron chi connectivity index (χ2n) is 10.1. The van der Waals surface area contributed by atoms with Crippen LogP contribution in [0.3, 0.4) is 0 Å². The number of carbonyl (C=O) groups excluding carboxylic acids is 2. The summed E-state index contributed by atoms with van der Waals surface area (Å²) >= 11 is 0. The number of hydrogen-bond acceptors (Lipinski definition) is 7. The maximum Gasteiger partial charge on any atom is 0.422 e. The van der Waals surface area contributed by atoms with E-state index < -0.39 is 23.2 Å². The maximum atomic E-state index is 12.7. The first-order valence-electron chi connectivity index (χ1n) is 12.4. The Labute approximate surface area is 224 Å². The summed E-state index contributed by atoms with van der Waals surface area (Å²) in [7, 11) is 1.30. The van der Waals surface area contributed by atoms with Crippen LogP contribution in [0.1, 0.15) is 44.4 Å². The molecule has 0 aliphatic carbocycles. The van der Waals surface area contributed by atoms with E-state index in [0.717, 1.165) is 16.7 Å². The molecule has 0 radical (unpaired) electrons. The van der Waals surface area contributed by atoms with Gasteiger partial charge in [0.05, 0.1) is 7.11 Å². The number of nitrogens with one attached hydrogen (secondary N) is 2. The summed E-state index contributed by atoms with van der Waals surface area (Å²) < 4.78 is 22.5. The van der Waals surface area contributed by atoms with E-state index in [-0.39, 0.29) is 6.42 Å². The van der Waals surface area contributed by atoms with Crippen LogP contribution in [-0.2, 0) is 33.9 Å². The Hall–Kier alpha value is -4.04. The van der Waals surface area contributed by atoms with Crippen molar-refractivity contribution in [3.63, 3.8) is 0 Å². The van der Waals surface area contributed by atoms with Crippen molar-refractivity contribution in [1.82, 2.24) is 10.9 Å². The number of ether oxygens (including phenoxy) is 4. The Balaban J connectivity index is 1.81. The molecular weight excluding hydrogens is 484 g/mol. The van der Waals surface area contributed by atoms with Crippen LogP contribution in [0.15, 0.2) is 78.9 Å². The molecule has 0 saturated carbocycles. The maximum absolute atomic E-state index is 12.7. The van der Waals surface area contributed by atoms with Crippen LogP contribution in [0.5, 0.6) is 11.5 Å². The quantitative estimate of drug-likeness (QED) is 0.260. The van der Waals surface area contributed by atoms with Crippen molar-refractivity contribution in [3.8, 4) is 11.5 Å². The van der Waals surface area contributed by atoms with Gasteiger partial charge in [-0.1, -0.05) is 66.7 Å². The zero-order chi connectivity index (χ0) is 27.6. The monoisotopic (exact) mass is 520 g/mol. The molecule has 3 rings (SSSR count). The fourth-order valence-corrected chi connectivity index (χ4v) is 3.66. The van der Waals surface area contributed by atoms with E-state index >= 15 is 0 Å². The highest BCUT2D eigenvalue weighted by Crippen LogP contribution is 2.31. The van der Waals surface area contributed by atoms with Gasteiger partial charge in [-0.25, -0.2) is 15.0 Å². The molecule has 1 atom stereocenters. The van der Waals surface area contributed by atoms with Crippen molar-refractivity contribution < 1.29 is 28.5 Å². The molecule has 0 saturated heterocycles. The van der Waals surface area contributed by atoms with Crippen molar-refractivity contribution in [2.45, 2.75) is 58.5 Å². The minimum atomic E-state index is -1.28. The fourth-order valence-electron chi connectivity index (χ4n) is 3.66. The van der Waals surface area contributed by atoms with Crippen molar-refractivity contribution in [3.05, 3.63) is 95.6 Å². The number of hydrazine groups is 1. The largest absolute Gasteiger partial charge is 0.485 e. The van der Waals surface area contributed by atoms with Gasteiger partial charge in [-0.3, -0.25) is 5.43 Å². The van der Waals surface area contributed by atoms with Gasteiger partial charge in [-0.15, -0.1) is 0 Å². The second kappa shape index (κ2) is 13.0. The molecule has 0 fully saturated rings. The number of hydrogen-bond donors (Lipinski definition) is 2. The summed E-state index contributed by atoms with van der Waals surface area (Å²) in [6.07, 6.45) is -0.514. The number of carbonyl (C=O) groups is 2. The number of benzene rings is 3. The highest BCUT2D eigenvalue weighted by Gasteiger charge is 2.36. The summed E-state index contributed by atoms with van der Waals surface area (Å²) in [4.78, 5) is 24.9. The van der Waals surface area contributed by atoms with Crippen LogP contribution in [0, 0.1) is 0 Å². The van der Waals surface area contributed by atoms with E-state index in [9.17, 15) is 9.59 Å². The molecular formula is C30H36N2O6. The summed E-state index contributed by atoms with van der Waals surface area (Å²) in [5, 5.41) is 0. The molecule has 8 heteroatoms. The van der Waals surface area contributed by atoms with E-state index in [0.29, 0.717) is 24.7 Å². The van der Waals surface area contributed by atoms with E-state index in [4.69, 9.17) is 18.9 Å². The van der Waals surface area contributed by atoms with Crippen molar-refractivity contribution >= 4 is 12.1 Å². The lowest BCUT2D eigenvalue weighted by atomic mass is 9.93. The van der Waals surface area contributed by atoms with Crippen LogP contribution in [-0.4, -0.2) is 30.3 Å². The molecule has 0 aliphatic rings.